The van der Waals surface area contributed by atoms with Gasteiger partial charge in [0.25, 0.3) is 0 Å². The second-order valence-electron chi connectivity index (χ2n) is 3.24. The Morgan fingerprint density at radius 2 is 2.33 bits per heavy atom. The molecule has 0 spiro atoms. The van der Waals surface area contributed by atoms with Gasteiger partial charge in [0, 0.05) is 12.7 Å². The van der Waals surface area contributed by atoms with Gasteiger partial charge in [-0.2, -0.15) is 0 Å². The predicted octanol–water partition coefficient (Wildman–Crippen LogP) is 0.756. The van der Waals surface area contributed by atoms with Crippen molar-refractivity contribution in [2.45, 2.75) is 0 Å². The number of oxazole rings is 1. The van der Waals surface area contributed by atoms with E-state index in [1.807, 2.05) is 0 Å². The van der Waals surface area contributed by atoms with E-state index in [2.05, 4.69) is 4.98 Å². The Morgan fingerprint density at radius 1 is 1.53 bits per heavy atom. The van der Waals surface area contributed by atoms with Crippen molar-refractivity contribution in [2.24, 2.45) is 0 Å². The lowest BCUT2D eigenvalue weighted by Gasteiger charge is -2.15. The summed E-state index contributed by atoms with van der Waals surface area (Å²) < 4.78 is 4.86. The molecular weight excluding hydrogens is 196 g/mol. The van der Waals surface area contributed by atoms with E-state index in [1.54, 1.807) is 30.1 Å². The van der Waals surface area contributed by atoms with Gasteiger partial charge >= 0.3 is 5.76 Å². The minimum absolute atomic E-state index is 0.313. The van der Waals surface area contributed by atoms with E-state index in [4.69, 9.17) is 4.42 Å². The summed E-state index contributed by atoms with van der Waals surface area (Å²) >= 11 is 0. The zero-order chi connectivity index (χ0) is 10.8. The fourth-order valence-corrected chi connectivity index (χ4v) is 1.39. The number of aromatic amines is 1. The number of hydrogen-bond donors (Lipinski definition) is 1. The minimum atomic E-state index is -0.472. The van der Waals surface area contributed by atoms with E-state index in [9.17, 15) is 9.59 Å². The van der Waals surface area contributed by atoms with Gasteiger partial charge in [-0.3, -0.25) is 4.98 Å². The number of hydrogen-bond acceptors (Lipinski definition) is 4. The fourth-order valence-electron chi connectivity index (χ4n) is 1.39. The Kier molecular flexibility index (Phi) is 2.29. The first kappa shape index (κ1) is 9.51. The Balaban J connectivity index is 2.45. The average molecular weight is 206 g/mol. The maximum Gasteiger partial charge on any atom is 0.417 e. The number of aldehydes is 1. The number of nitrogens with one attached hydrogen (secondary N) is 1. The molecule has 0 bridgehead atoms. The second kappa shape index (κ2) is 3.61. The Morgan fingerprint density at radius 3 is 3.07 bits per heavy atom. The van der Waals surface area contributed by atoms with Crippen molar-refractivity contribution in [3.8, 4) is 0 Å². The van der Waals surface area contributed by atoms with Crippen LogP contribution in [0, 0.1) is 0 Å². The van der Waals surface area contributed by atoms with Gasteiger partial charge in [-0.25, -0.2) is 4.79 Å². The highest BCUT2D eigenvalue weighted by Crippen LogP contribution is 2.18. The predicted molar refractivity (Wildman–Crippen MR) is 56.2 cm³/mol. The third-order valence-corrected chi connectivity index (χ3v) is 2.19. The normalized spacial score (nSPS) is 10.5. The molecule has 0 aliphatic heterocycles. The summed E-state index contributed by atoms with van der Waals surface area (Å²) in [4.78, 5) is 25.6. The van der Waals surface area contributed by atoms with Gasteiger partial charge in [0.1, 0.15) is 6.29 Å². The van der Waals surface area contributed by atoms with Crippen molar-refractivity contribution < 1.29 is 9.21 Å². The zero-order valence-electron chi connectivity index (χ0n) is 8.19. The summed E-state index contributed by atoms with van der Waals surface area (Å²) in [5.41, 5.74) is 2.00. The maximum atomic E-state index is 10.9. The molecule has 1 aromatic heterocycles. The molecule has 78 valence electrons. The largest absolute Gasteiger partial charge is 0.417 e. The van der Waals surface area contributed by atoms with Crippen LogP contribution >= 0.6 is 0 Å². The van der Waals surface area contributed by atoms with Gasteiger partial charge in [0.15, 0.2) is 5.58 Å². The summed E-state index contributed by atoms with van der Waals surface area (Å²) in [5.74, 6) is -0.472. The number of H-pyrrole nitrogens is 1. The van der Waals surface area contributed by atoms with Crippen LogP contribution in [0.15, 0.2) is 27.4 Å². The van der Waals surface area contributed by atoms with Gasteiger partial charge in [-0.05, 0) is 18.2 Å². The monoisotopic (exact) mass is 206 g/mol. The molecule has 0 saturated carbocycles. The van der Waals surface area contributed by atoms with Crippen LogP contribution in [0.2, 0.25) is 0 Å². The summed E-state index contributed by atoms with van der Waals surface area (Å²) in [6.07, 6.45) is 0.822. The van der Waals surface area contributed by atoms with Gasteiger partial charge in [-0.1, -0.05) is 0 Å². The van der Waals surface area contributed by atoms with Crippen molar-refractivity contribution in [3.05, 3.63) is 28.7 Å². The molecule has 0 radical (unpaired) electrons. The van der Waals surface area contributed by atoms with Crippen LogP contribution in [-0.2, 0) is 4.79 Å². The van der Waals surface area contributed by atoms with E-state index < -0.39 is 5.76 Å². The molecule has 1 N–H and O–H groups in total. The van der Waals surface area contributed by atoms with E-state index >= 15 is 0 Å². The SMILES string of the molecule is CN(CC=O)c1ccc2oc(=O)[nH]c2c1. The summed E-state index contributed by atoms with van der Waals surface area (Å²) in [7, 11) is 1.80. The summed E-state index contributed by atoms with van der Waals surface area (Å²) in [6.45, 7) is 0.313. The maximum absolute atomic E-state index is 10.9. The van der Waals surface area contributed by atoms with Crippen LogP contribution in [0.4, 0.5) is 5.69 Å². The number of benzene rings is 1. The van der Waals surface area contributed by atoms with Crippen LogP contribution in [0.5, 0.6) is 0 Å². The number of nitrogens with zero attached hydrogens (tertiary/aromatic N) is 1. The van der Waals surface area contributed by atoms with E-state index in [-0.39, 0.29) is 0 Å². The van der Waals surface area contributed by atoms with Crippen LogP contribution in [0.3, 0.4) is 0 Å². The lowest BCUT2D eigenvalue weighted by atomic mass is 10.2. The average Bonchev–Trinajstić information content (AvgIpc) is 2.57. The number of anilines is 1. The third kappa shape index (κ3) is 1.76. The molecule has 1 aromatic carbocycles. The van der Waals surface area contributed by atoms with Crippen LogP contribution in [0.25, 0.3) is 11.1 Å². The number of carbonyl (C=O) groups excluding carboxylic acids is 1. The smallest absolute Gasteiger partial charge is 0.408 e. The van der Waals surface area contributed by atoms with Gasteiger partial charge < -0.3 is 14.1 Å². The van der Waals surface area contributed by atoms with Gasteiger partial charge in [-0.15, -0.1) is 0 Å². The molecule has 0 atom stereocenters. The van der Waals surface area contributed by atoms with Crippen molar-refractivity contribution in [2.75, 3.05) is 18.5 Å². The number of likely N-dealkylation sites (N-methyl/N-ethyl adjacent to an activating group) is 1. The highest BCUT2D eigenvalue weighted by atomic mass is 16.4. The molecule has 2 rings (SSSR count). The second-order valence-corrected chi connectivity index (χ2v) is 3.24. The summed E-state index contributed by atoms with van der Waals surface area (Å²) in [5, 5.41) is 0. The van der Waals surface area contributed by atoms with Gasteiger partial charge in [0.2, 0.25) is 0 Å². The number of aromatic nitrogens is 1. The molecule has 2 aromatic rings. The van der Waals surface area contributed by atoms with Gasteiger partial charge in [0.05, 0.1) is 12.1 Å². The number of fused-ring (bicyclic) bond motifs is 1. The standard InChI is InChI=1S/C10H10N2O3/c1-12(4-5-13)7-2-3-9-8(6-7)11-10(14)15-9/h2-3,5-6H,4H2,1H3,(H,11,14). The summed E-state index contributed by atoms with van der Waals surface area (Å²) in [6, 6.07) is 5.26. The first-order valence-electron chi connectivity index (χ1n) is 4.48. The topological polar surface area (TPSA) is 66.3 Å². The van der Waals surface area contributed by atoms with Crippen LogP contribution in [0.1, 0.15) is 0 Å². The van der Waals surface area contributed by atoms with E-state index in [1.165, 1.54) is 0 Å². The molecule has 0 fully saturated rings. The third-order valence-electron chi connectivity index (χ3n) is 2.19. The Hall–Kier alpha value is -2.04. The lowest BCUT2D eigenvalue weighted by Crippen LogP contribution is -2.18. The van der Waals surface area contributed by atoms with E-state index in [0.29, 0.717) is 17.6 Å². The molecular formula is C10H10N2O3. The molecule has 5 nitrogen and oxygen atoms in total. The van der Waals surface area contributed by atoms with Crippen LogP contribution < -0.4 is 10.7 Å². The molecule has 5 heteroatoms. The molecule has 15 heavy (non-hydrogen) atoms. The van der Waals surface area contributed by atoms with Crippen molar-refractivity contribution in [1.82, 2.24) is 4.98 Å². The molecule has 1 heterocycles. The first-order chi connectivity index (χ1) is 7.20. The Labute approximate surface area is 85.3 Å². The number of carbonyl (C=O) groups is 1. The molecule has 0 unspecified atom stereocenters. The van der Waals surface area contributed by atoms with Crippen molar-refractivity contribution in [3.63, 3.8) is 0 Å². The highest BCUT2D eigenvalue weighted by Gasteiger charge is 2.04. The van der Waals surface area contributed by atoms with Crippen molar-refractivity contribution >= 4 is 23.1 Å². The minimum Gasteiger partial charge on any atom is -0.408 e. The lowest BCUT2D eigenvalue weighted by molar-refractivity contribution is -0.106. The first-order valence-corrected chi connectivity index (χ1v) is 4.48. The van der Waals surface area contributed by atoms with Crippen molar-refractivity contribution in [1.29, 1.82) is 0 Å². The fraction of sp³-hybridized carbons (Fsp3) is 0.200. The molecule has 0 aliphatic rings. The van der Waals surface area contributed by atoms with E-state index in [0.717, 1.165) is 12.0 Å². The highest BCUT2D eigenvalue weighted by molar-refractivity contribution is 5.77. The molecule has 0 saturated heterocycles. The molecule has 0 aliphatic carbocycles. The molecule has 0 amide bonds. The number of rotatable bonds is 3. The zero-order valence-corrected chi connectivity index (χ0v) is 8.19. The quantitative estimate of drug-likeness (QED) is 0.753. The van der Waals surface area contributed by atoms with Crippen LogP contribution in [-0.4, -0.2) is 24.9 Å². The Bertz CT molecular complexity index is 541.